The third-order valence-electron chi connectivity index (χ3n) is 5.40. The zero-order valence-corrected chi connectivity index (χ0v) is 17.9. The lowest BCUT2D eigenvalue weighted by atomic mass is 10.0. The fourth-order valence-corrected chi connectivity index (χ4v) is 3.48. The second-order valence-electron chi connectivity index (χ2n) is 8.58. The molecule has 3 rings (SSSR count). The number of nitrogens with zero attached hydrogens (tertiary/aromatic N) is 3. The number of hydrogen-bond acceptors (Lipinski definition) is 4. The lowest BCUT2D eigenvalue weighted by molar-refractivity contribution is -0.130. The topological polar surface area (TPSA) is 57.0 Å². The SMILES string of the molecule is CC(=O)N1CCN(C(=O)c2ccc(CN(Cc3ccccc3)C(C)(C)C)o2)CC1. The molecule has 0 unspecified atom stereocenters. The number of amides is 2. The molecule has 1 aromatic heterocycles. The van der Waals surface area contributed by atoms with Gasteiger partial charge < -0.3 is 14.2 Å². The Morgan fingerprint density at radius 2 is 1.55 bits per heavy atom. The summed E-state index contributed by atoms with van der Waals surface area (Å²) in [5.41, 5.74) is 1.20. The second kappa shape index (κ2) is 8.82. The van der Waals surface area contributed by atoms with Crippen LogP contribution < -0.4 is 0 Å². The average molecular weight is 398 g/mol. The van der Waals surface area contributed by atoms with E-state index in [2.05, 4.69) is 37.8 Å². The standard InChI is InChI=1S/C23H31N3O3/c1-18(27)24-12-14-25(15-13-24)22(28)21-11-10-20(29-21)17-26(23(2,3)4)16-19-8-6-5-7-9-19/h5-11H,12-17H2,1-4H3. The van der Waals surface area contributed by atoms with E-state index in [9.17, 15) is 9.59 Å². The fourth-order valence-electron chi connectivity index (χ4n) is 3.48. The number of hydrogen-bond donors (Lipinski definition) is 0. The van der Waals surface area contributed by atoms with Gasteiger partial charge in [-0.1, -0.05) is 30.3 Å². The Morgan fingerprint density at radius 3 is 2.14 bits per heavy atom. The van der Waals surface area contributed by atoms with Crippen molar-refractivity contribution in [1.29, 1.82) is 0 Å². The molecule has 1 aliphatic heterocycles. The van der Waals surface area contributed by atoms with Crippen molar-refractivity contribution in [2.45, 2.75) is 46.3 Å². The van der Waals surface area contributed by atoms with Gasteiger partial charge in [-0.25, -0.2) is 0 Å². The van der Waals surface area contributed by atoms with Crippen molar-refractivity contribution >= 4 is 11.8 Å². The summed E-state index contributed by atoms with van der Waals surface area (Å²) in [5.74, 6) is 1.09. The normalized spacial score (nSPS) is 15.1. The molecule has 156 valence electrons. The molecule has 6 heteroatoms. The molecular weight excluding hydrogens is 366 g/mol. The molecule has 0 radical (unpaired) electrons. The number of carbonyl (C=O) groups excluding carboxylic acids is 2. The van der Waals surface area contributed by atoms with Crippen molar-refractivity contribution in [2.24, 2.45) is 0 Å². The van der Waals surface area contributed by atoms with Crippen LogP contribution in [0.2, 0.25) is 0 Å². The Kier molecular flexibility index (Phi) is 6.42. The molecule has 1 aromatic carbocycles. The fraction of sp³-hybridized carbons (Fsp3) is 0.478. The van der Waals surface area contributed by atoms with Crippen molar-refractivity contribution in [3.63, 3.8) is 0 Å². The number of rotatable bonds is 5. The van der Waals surface area contributed by atoms with Gasteiger partial charge in [0.2, 0.25) is 5.91 Å². The zero-order valence-electron chi connectivity index (χ0n) is 17.9. The molecule has 29 heavy (non-hydrogen) atoms. The van der Waals surface area contributed by atoms with Crippen LogP contribution in [-0.2, 0) is 17.9 Å². The molecule has 0 spiro atoms. The van der Waals surface area contributed by atoms with E-state index in [4.69, 9.17) is 4.42 Å². The first kappa shape index (κ1) is 21.1. The quantitative estimate of drug-likeness (QED) is 0.776. The Morgan fingerprint density at radius 1 is 0.931 bits per heavy atom. The molecular formula is C23H31N3O3. The van der Waals surface area contributed by atoms with E-state index >= 15 is 0 Å². The minimum absolute atomic E-state index is 0.0458. The van der Waals surface area contributed by atoms with E-state index < -0.39 is 0 Å². The lowest BCUT2D eigenvalue weighted by Crippen LogP contribution is -2.50. The Hall–Kier alpha value is -2.60. The maximum Gasteiger partial charge on any atom is 0.289 e. The third-order valence-corrected chi connectivity index (χ3v) is 5.40. The van der Waals surface area contributed by atoms with Crippen molar-refractivity contribution in [2.75, 3.05) is 26.2 Å². The summed E-state index contributed by atoms with van der Waals surface area (Å²) in [6.45, 7) is 11.8. The van der Waals surface area contributed by atoms with E-state index in [1.165, 1.54) is 5.56 Å². The highest BCUT2D eigenvalue weighted by Crippen LogP contribution is 2.22. The second-order valence-corrected chi connectivity index (χ2v) is 8.58. The molecule has 2 aromatic rings. The Balaban J connectivity index is 1.65. The van der Waals surface area contributed by atoms with Gasteiger partial charge >= 0.3 is 0 Å². The average Bonchev–Trinajstić information content (AvgIpc) is 3.16. The number of furan rings is 1. The highest BCUT2D eigenvalue weighted by Gasteiger charge is 2.27. The van der Waals surface area contributed by atoms with Crippen molar-refractivity contribution < 1.29 is 14.0 Å². The summed E-state index contributed by atoms with van der Waals surface area (Å²) in [4.78, 5) is 30.1. The van der Waals surface area contributed by atoms with Crippen LogP contribution in [0.15, 0.2) is 46.9 Å². The zero-order chi connectivity index (χ0) is 21.0. The van der Waals surface area contributed by atoms with Gasteiger partial charge in [0, 0.05) is 45.2 Å². The van der Waals surface area contributed by atoms with Crippen LogP contribution in [-0.4, -0.2) is 58.2 Å². The van der Waals surface area contributed by atoms with E-state index in [1.54, 1.807) is 22.8 Å². The predicted molar refractivity (Wildman–Crippen MR) is 112 cm³/mol. The van der Waals surface area contributed by atoms with E-state index in [1.807, 2.05) is 24.3 Å². The van der Waals surface area contributed by atoms with E-state index in [0.717, 1.165) is 12.3 Å². The molecule has 2 heterocycles. The lowest BCUT2D eigenvalue weighted by Gasteiger charge is -2.35. The number of benzene rings is 1. The summed E-state index contributed by atoms with van der Waals surface area (Å²) in [6.07, 6.45) is 0. The van der Waals surface area contributed by atoms with Gasteiger partial charge in [-0.3, -0.25) is 14.5 Å². The van der Waals surface area contributed by atoms with Crippen LogP contribution in [0.1, 0.15) is 49.6 Å². The summed E-state index contributed by atoms with van der Waals surface area (Å²) < 4.78 is 5.92. The van der Waals surface area contributed by atoms with Gasteiger partial charge in [0.15, 0.2) is 5.76 Å². The molecule has 6 nitrogen and oxygen atoms in total. The molecule has 1 fully saturated rings. The minimum Gasteiger partial charge on any atom is -0.455 e. The maximum absolute atomic E-state index is 12.8. The monoisotopic (exact) mass is 397 g/mol. The van der Waals surface area contributed by atoms with Gasteiger partial charge in [-0.2, -0.15) is 0 Å². The highest BCUT2D eigenvalue weighted by atomic mass is 16.4. The van der Waals surface area contributed by atoms with Crippen LogP contribution in [0.25, 0.3) is 0 Å². The summed E-state index contributed by atoms with van der Waals surface area (Å²) in [6, 6.07) is 14.0. The number of carbonyl (C=O) groups is 2. The predicted octanol–water partition coefficient (Wildman–Crippen LogP) is 3.38. The summed E-state index contributed by atoms with van der Waals surface area (Å²) in [5, 5.41) is 0. The van der Waals surface area contributed by atoms with Crippen molar-refractivity contribution in [1.82, 2.24) is 14.7 Å². The smallest absolute Gasteiger partial charge is 0.289 e. The van der Waals surface area contributed by atoms with Gasteiger partial charge in [-0.15, -0.1) is 0 Å². The van der Waals surface area contributed by atoms with Gasteiger partial charge in [-0.05, 0) is 38.5 Å². The molecule has 0 atom stereocenters. The largest absolute Gasteiger partial charge is 0.455 e. The van der Waals surface area contributed by atoms with Gasteiger partial charge in [0.05, 0.1) is 6.54 Å². The van der Waals surface area contributed by atoms with Gasteiger partial charge in [0.25, 0.3) is 5.91 Å². The van der Waals surface area contributed by atoms with E-state index in [-0.39, 0.29) is 17.4 Å². The molecule has 2 amide bonds. The highest BCUT2D eigenvalue weighted by molar-refractivity contribution is 5.91. The number of piperazine rings is 1. The van der Waals surface area contributed by atoms with Gasteiger partial charge in [0.1, 0.15) is 5.76 Å². The molecule has 1 saturated heterocycles. The molecule has 1 aliphatic rings. The van der Waals surface area contributed by atoms with Crippen LogP contribution in [0.5, 0.6) is 0 Å². The summed E-state index contributed by atoms with van der Waals surface area (Å²) >= 11 is 0. The van der Waals surface area contributed by atoms with Crippen molar-refractivity contribution in [3.05, 3.63) is 59.5 Å². The third kappa shape index (κ3) is 5.48. The Bertz CT molecular complexity index is 831. The first-order valence-corrected chi connectivity index (χ1v) is 10.2. The Labute approximate surface area is 173 Å². The molecule has 0 bridgehead atoms. The molecule has 0 saturated carbocycles. The maximum atomic E-state index is 12.8. The van der Waals surface area contributed by atoms with Crippen LogP contribution >= 0.6 is 0 Å². The van der Waals surface area contributed by atoms with E-state index in [0.29, 0.717) is 38.5 Å². The van der Waals surface area contributed by atoms with Crippen LogP contribution in [0, 0.1) is 0 Å². The van der Waals surface area contributed by atoms with Crippen molar-refractivity contribution in [3.8, 4) is 0 Å². The minimum atomic E-state index is -0.107. The molecule has 0 aliphatic carbocycles. The summed E-state index contributed by atoms with van der Waals surface area (Å²) in [7, 11) is 0. The van der Waals surface area contributed by atoms with Crippen LogP contribution in [0.4, 0.5) is 0 Å². The first-order valence-electron chi connectivity index (χ1n) is 10.2. The van der Waals surface area contributed by atoms with Crippen LogP contribution in [0.3, 0.4) is 0 Å². The first-order chi connectivity index (χ1) is 13.7. The molecule has 0 N–H and O–H groups in total.